The maximum atomic E-state index is 11.7. The summed E-state index contributed by atoms with van der Waals surface area (Å²) in [6, 6.07) is 10.8. The van der Waals surface area contributed by atoms with Gasteiger partial charge in [0.05, 0.1) is 5.41 Å². The normalized spacial score (nSPS) is 13.7. The number of carbonyl (C=O) groups is 1. The molecule has 1 heterocycles. The molecule has 0 amide bonds. The van der Waals surface area contributed by atoms with Gasteiger partial charge < -0.3 is 10.8 Å². The lowest BCUT2D eigenvalue weighted by molar-refractivity contribution is -0.143. The Bertz CT molecular complexity index is 584. The molecule has 4 nitrogen and oxygen atoms in total. The second kappa shape index (κ2) is 5.10. The molecule has 0 bridgehead atoms. The highest BCUT2D eigenvalue weighted by Gasteiger charge is 2.36. The second-order valence-electron chi connectivity index (χ2n) is 4.76. The van der Waals surface area contributed by atoms with Crippen molar-refractivity contribution in [3.05, 3.63) is 59.9 Å². The number of nitrogens with two attached hydrogens (primary N) is 1. The van der Waals surface area contributed by atoms with Gasteiger partial charge in [0.1, 0.15) is 0 Å². The molecule has 0 aliphatic rings. The van der Waals surface area contributed by atoms with E-state index in [9.17, 15) is 9.90 Å². The molecule has 0 spiro atoms. The monoisotopic (exact) mass is 256 g/mol. The number of hydrogen-bond acceptors (Lipinski definition) is 3. The number of hydrogen-bond donors (Lipinski definition) is 2. The predicted octanol–water partition coefficient (Wildman–Crippen LogP) is 2.25. The van der Waals surface area contributed by atoms with Gasteiger partial charge in [-0.25, -0.2) is 0 Å². The summed E-state index contributed by atoms with van der Waals surface area (Å²) >= 11 is 0. The summed E-state index contributed by atoms with van der Waals surface area (Å²) in [5.41, 5.74) is 6.86. The Hall–Kier alpha value is -2.36. The van der Waals surface area contributed by atoms with Crippen molar-refractivity contribution >= 4 is 11.7 Å². The Kier molecular flexibility index (Phi) is 3.51. The van der Waals surface area contributed by atoms with E-state index in [-0.39, 0.29) is 0 Å². The smallest absolute Gasteiger partial charge is 0.314 e. The maximum absolute atomic E-state index is 11.7. The van der Waals surface area contributed by atoms with Crippen LogP contribution < -0.4 is 5.73 Å². The van der Waals surface area contributed by atoms with E-state index >= 15 is 0 Å². The molecular formula is C15H16N2O2. The predicted molar refractivity (Wildman–Crippen MR) is 73.8 cm³/mol. The topological polar surface area (TPSA) is 76.2 Å². The summed E-state index contributed by atoms with van der Waals surface area (Å²) < 4.78 is 0. The first-order valence-electron chi connectivity index (χ1n) is 6.01. The van der Waals surface area contributed by atoms with E-state index in [1.165, 1.54) is 0 Å². The van der Waals surface area contributed by atoms with Gasteiger partial charge in [-0.1, -0.05) is 24.3 Å². The van der Waals surface area contributed by atoms with Crippen molar-refractivity contribution in [2.24, 2.45) is 0 Å². The second-order valence-corrected chi connectivity index (χ2v) is 4.76. The van der Waals surface area contributed by atoms with Crippen LogP contribution in [0.5, 0.6) is 0 Å². The molecule has 4 heteroatoms. The fraction of sp³-hybridized carbons (Fsp3) is 0.200. The van der Waals surface area contributed by atoms with E-state index in [1.807, 2.05) is 6.07 Å². The highest BCUT2D eigenvalue weighted by Crippen LogP contribution is 2.32. The van der Waals surface area contributed by atoms with Crippen LogP contribution >= 0.6 is 0 Å². The number of rotatable bonds is 4. The van der Waals surface area contributed by atoms with Gasteiger partial charge in [0, 0.05) is 18.1 Å². The lowest BCUT2D eigenvalue weighted by Gasteiger charge is -2.26. The minimum Gasteiger partial charge on any atom is -0.481 e. The van der Waals surface area contributed by atoms with Gasteiger partial charge in [-0.2, -0.15) is 0 Å². The quantitative estimate of drug-likeness (QED) is 0.822. The number of carboxylic acid groups (broad SMARTS) is 1. The average Bonchev–Trinajstić information content (AvgIpc) is 2.40. The summed E-state index contributed by atoms with van der Waals surface area (Å²) in [6.07, 6.45) is 3.70. The number of benzene rings is 1. The molecule has 0 fully saturated rings. The Balaban J connectivity index is 2.45. The van der Waals surface area contributed by atoms with Crippen LogP contribution in [0.3, 0.4) is 0 Å². The summed E-state index contributed by atoms with van der Waals surface area (Å²) in [5, 5.41) is 9.60. The molecule has 0 aliphatic carbocycles. The van der Waals surface area contributed by atoms with Crippen LogP contribution in [-0.4, -0.2) is 16.1 Å². The lowest BCUT2D eigenvalue weighted by atomic mass is 9.77. The number of aliphatic carboxylic acids is 1. The molecule has 2 rings (SSSR count). The van der Waals surface area contributed by atoms with Crippen molar-refractivity contribution in [2.45, 2.75) is 18.8 Å². The Labute approximate surface area is 111 Å². The van der Waals surface area contributed by atoms with Crippen LogP contribution in [0, 0.1) is 0 Å². The first kappa shape index (κ1) is 13.1. The third-order valence-electron chi connectivity index (χ3n) is 3.31. The summed E-state index contributed by atoms with van der Waals surface area (Å²) in [6.45, 7) is 1.69. The van der Waals surface area contributed by atoms with Crippen LogP contribution in [-0.2, 0) is 16.6 Å². The highest BCUT2D eigenvalue weighted by atomic mass is 16.4. The summed E-state index contributed by atoms with van der Waals surface area (Å²) in [7, 11) is 0. The molecule has 19 heavy (non-hydrogen) atoms. The van der Waals surface area contributed by atoms with Crippen LogP contribution in [0.15, 0.2) is 48.8 Å². The van der Waals surface area contributed by atoms with E-state index in [0.29, 0.717) is 17.7 Å². The number of aromatic nitrogens is 1. The molecule has 3 N–H and O–H groups in total. The van der Waals surface area contributed by atoms with E-state index in [1.54, 1.807) is 49.6 Å². The largest absolute Gasteiger partial charge is 0.481 e. The van der Waals surface area contributed by atoms with Crippen molar-refractivity contribution in [2.75, 3.05) is 5.73 Å². The van der Waals surface area contributed by atoms with Gasteiger partial charge >= 0.3 is 5.97 Å². The van der Waals surface area contributed by atoms with Crippen LogP contribution in [0.2, 0.25) is 0 Å². The number of pyridine rings is 1. The number of carboxylic acids is 1. The first-order chi connectivity index (χ1) is 9.04. The van der Waals surface area contributed by atoms with Gasteiger partial charge in [0.2, 0.25) is 0 Å². The maximum Gasteiger partial charge on any atom is 0.314 e. The van der Waals surface area contributed by atoms with E-state index in [2.05, 4.69) is 4.98 Å². The fourth-order valence-electron chi connectivity index (χ4n) is 2.20. The van der Waals surface area contributed by atoms with Gasteiger partial charge in [-0.15, -0.1) is 0 Å². The molecule has 1 aromatic heterocycles. The number of para-hydroxylation sites is 1. The fourth-order valence-corrected chi connectivity index (χ4v) is 2.20. The Morgan fingerprint density at radius 1 is 1.32 bits per heavy atom. The van der Waals surface area contributed by atoms with Gasteiger partial charge in [0.25, 0.3) is 0 Å². The number of nitrogen functional groups attached to an aromatic ring is 1. The zero-order chi connectivity index (χ0) is 13.9. The third-order valence-corrected chi connectivity index (χ3v) is 3.31. The molecule has 1 unspecified atom stereocenters. The van der Waals surface area contributed by atoms with Crippen molar-refractivity contribution in [3.8, 4) is 0 Å². The molecule has 98 valence electrons. The molecule has 1 atom stereocenters. The number of nitrogens with zero attached hydrogens (tertiary/aromatic N) is 1. The molecule has 2 aromatic rings. The average molecular weight is 256 g/mol. The van der Waals surface area contributed by atoms with Crippen molar-refractivity contribution in [3.63, 3.8) is 0 Å². The van der Waals surface area contributed by atoms with Gasteiger partial charge in [-0.3, -0.25) is 9.78 Å². The summed E-state index contributed by atoms with van der Waals surface area (Å²) in [5.74, 6) is -0.894. The SMILES string of the molecule is CC(Cc1cccnc1)(C(=O)O)c1ccccc1N. The minimum absolute atomic E-state index is 0.352. The standard InChI is InChI=1S/C15H16N2O2/c1-15(14(18)19,9-11-5-4-8-17-10-11)12-6-2-3-7-13(12)16/h2-8,10H,9,16H2,1H3,(H,18,19). The summed E-state index contributed by atoms with van der Waals surface area (Å²) in [4.78, 5) is 15.7. The first-order valence-corrected chi connectivity index (χ1v) is 6.01. The number of anilines is 1. The van der Waals surface area contributed by atoms with Crippen LogP contribution in [0.1, 0.15) is 18.1 Å². The van der Waals surface area contributed by atoms with Gasteiger partial charge in [0.15, 0.2) is 0 Å². The highest BCUT2D eigenvalue weighted by molar-refractivity contribution is 5.83. The molecule has 1 aromatic carbocycles. The van der Waals surface area contributed by atoms with Crippen molar-refractivity contribution < 1.29 is 9.90 Å². The van der Waals surface area contributed by atoms with Gasteiger partial charge in [-0.05, 0) is 36.6 Å². The van der Waals surface area contributed by atoms with Crippen molar-refractivity contribution in [1.29, 1.82) is 0 Å². The lowest BCUT2D eigenvalue weighted by Crippen LogP contribution is -2.35. The zero-order valence-electron chi connectivity index (χ0n) is 10.7. The molecule has 0 radical (unpaired) electrons. The zero-order valence-corrected chi connectivity index (χ0v) is 10.7. The van der Waals surface area contributed by atoms with E-state index in [0.717, 1.165) is 5.56 Å². The molecule has 0 saturated carbocycles. The molecule has 0 saturated heterocycles. The molecule has 0 aliphatic heterocycles. The van der Waals surface area contributed by atoms with E-state index in [4.69, 9.17) is 5.73 Å². The minimum atomic E-state index is -1.06. The van der Waals surface area contributed by atoms with Crippen LogP contribution in [0.4, 0.5) is 5.69 Å². The molecular weight excluding hydrogens is 240 g/mol. The third kappa shape index (κ3) is 2.57. The Morgan fingerprint density at radius 2 is 2.05 bits per heavy atom. The van der Waals surface area contributed by atoms with Crippen molar-refractivity contribution in [1.82, 2.24) is 4.98 Å². The van der Waals surface area contributed by atoms with E-state index < -0.39 is 11.4 Å². The van der Waals surface area contributed by atoms with Crippen LogP contribution in [0.25, 0.3) is 0 Å². The Morgan fingerprint density at radius 3 is 2.63 bits per heavy atom.